The molecular weight excluding hydrogens is 164 g/mol. The van der Waals surface area contributed by atoms with Gasteiger partial charge in [0, 0.05) is 13.0 Å². The molecule has 2 nitrogen and oxygen atoms in total. The minimum absolute atomic E-state index is 0.208. The molecule has 0 saturated carbocycles. The summed E-state index contributed by atoms with van der Waals surface area (Å²) in [6.45, 7) is 9.22. The summed E-state index contributed by atoms with van der Waals surface area (Å²) < 4.78 is 5.44. The molecule has 1 rings (SSSR count). The number of hydrogen-bond donors (Lipinski definition) is 1. The van der Waals surface area contributed by atoms with Crippen molar-refractivity contribution in [3.05, 3.63) is 0 Å². The smallest absolute Gasteiger partial charge is 0.0722 e. The fourth-order valence-electron chi connectivity index (χ4n) is 2.13. The summed E-state index contributed by atoms with van der Waals surface area (Å²) in [5, 5.41) is 10.4. The Hall–Kier alpha value is -0.0800. The van der Waals surface area contributed by atoms with Crippen LogP contribution in [0.5, 0.6) is 0 Å². The Kier molecular flexibility index (Phi) is 3.36. The van der Waals surface area contributed by atoms with E-state index < -0.39 is 5.60 Å². The number of hydrogen-bond acceptors (Lipinski definition) is 2. The van der Waals surface area contributed by atoms with Gasteiger partial charge < -0.3 is 9.84 Å². The van der Waals surface area contributed by atoms with Gasteiger partial charge in [-0.25, -0.2) is 0 Å². The normalized spacial score (nSPS) is 37.8. The first-order valence-electron chi connectivity index (χ1n) is 5.29. The van der Waals surface area contributed by atoms with Crippen LogP contribution >= 0.6 is 0 Å². The average Bonchev–Trinajstić information content (AvgIpc) is 2.02. The lowest BCUT2D eigenvalue weighted by Gasteiger charge is -2.41. The monoisotopic (exact) mass is 186 g/mol. The summed E-state index contributed by atoms with van der Waals surface area (Å²) in [5.74, 6) is 0.897. The van der Waals surface area contributed by atoms with E-state index in [4.69, 9.17) is 4.74 Å². The first-order valence-corrected chi connectivity index (χ1v) is 5.29. The minimum atomic E-state index is -0.494. The summed E-state index contributed by atoms with van der Waals surface area (Å²) in [7, 11) is 0. The van der Waals surface area contributed by atoms with Gasteiger partial charge in [-0.3, -0.25) is 0 Å². The molecule has 3 atom stereocenters. The van der Waals surface area contributed by atoms with Gasteiger partial charge in [0.25, 0.3) is 0 Å². The van der Waals surface area contributed by atoms with Crippen molar-refractivity contribution in [1.82, 2.24) is 0 Å². The van der Waals surface area contributed by atoms with Crippen molar-refractivity contribution in [3.8, 4) is 0 Å². The van der Waals surface area contributed by atoms with Crippen molar-refractivity contribution in [1.29, 1.82) is 0 Å². The van der Waals surface area contributed by atoms with Gasteiger partial charge in [0.1, 0.15) is 0 Å². The molecule has 0 amide bonds. The largest absolute Gasteiger partial charge is 0.389 e. The lowest BCUT2D eigenvalue weighted by atomic mass is 9.75. The topological polar surface area (TPSA) is 29.5 Å². The zero-order valence-corrected chi connectivity index (χ0v) is 9.21. The molecule has 2 heteroatoms. The van der Waals surface area contributed by atoms with E-state index in [0.717, 1.165) is 12.8 Å². The molecule has 1 N–H and O–H groups in total. The summed E-state index contributed by atoms with van der Waals surface area (Å²) in [6, 6.07) is 0. The molecule has 1 saturated heterocycles. The van der Waals surface area contributed by atoms with Crippen LogP contribution in [0, 0.1) is 11.8 Å². The Morgan fingerprint density at radius 1 is 1.38 bits per heavy atom. The first kappa shape index (κ1) is 11.0. The maximum atomic E-state index is 10.4. The van der Waals surface area contributed by atoms with Gasteiger partial charge in [0.15, 0.2) is 0 Å². The maximum Gasteiger partial charge on any atom is 0.0722 e. The van der Waals surface area contributed by atoms with Crippen LogP contribution in [0.2, 0.25) is 0 Å². The molecule has 3 unspecified atom stereocenters. The standard InChI is InChI=1S/C11H22O2/c1-8(2)10(4)11(12)5-6-13-9(3)7-11/h8-10,12H,5-7H2,1-4H3. The van der Waals surface area contributed by atoms with E-state index >= 15 is 0 Å². The van der Waals surface area contributed by atoms with Gasteiger partial charge in [-0.05, 0) is 25.2 Å². The van der Waals surface area contributed by atoms with Crippen molar-refractivity contribution in [2.24, 2.45) is 11.8 Å². The summed E-state index contributed by atoms with van der Waals surface area (Å²) in [4.78, 5) is 0. The molecule has 1 aliphatic rings. The van der Waals surface area contributed by atoms with Crippen LogP contribution in [-0.2, 0) is 4.74 Å². The predicted molar refractivity (Wildman–Crippen MR) is 53.6 cm³/mol. The molecular formula is C11H22O2. The van der Waals surface area contributed by atoms with Crippen LogP contribution in [0.3, 0.4) is 0 Å². The zero-order valence-electron chi connectivity index (χ0n) is 9.21. The Morgan fingerprint density at radius 2 is 2.00 bits per heavy atom. The Bertz CT molecular complexity index is 167. The van der Waals surface area contributed by atoms with Gasteiger partial charge >= 0.3 is 0 Å². The minimum Gasteiger partial charge on any atom is -0.389 e. The molecule has 1 aliphatic heterocycles. The second-order valence-electron chi connectivity index (χ2n) is 4.77. The van der Waals surface area contributed by atoms with Crippen LogP contribution in [0.15, 0.2) is 0 Å². The molecule has 0 aromatic heterocycles. The van der Waals surface area contributed by atoms with Crippen molar-refractivity contribution in [3.63, 3.8) is 0 Å². The second kappa shape index (κ2) is 3.97. The van der Waals surface area contributed by atoms with Gasteiger partial charge in [0.2, 0.25) is 0 Å². The third kappa shape index (κ3) is 2.44. The van der Waals surface area contributed by atoms with E-state index in [0.29, 0.717) is 18.4 Å². The lowest BCUT2D eigenvalue weighted by Crippen LogP contribution is -2.46. The Balaban J connectivity index is 2.63. The van der Waals surface area contributed by atoms with Gasteiger partial charge in [-0.15, -0.1) is 0 Å². The number of ether oxygens (including phenoxy) is 1. The molecule has 1 fully saturated rings. The molecule has 78 valence electrons. The van der Waals surface area contributed by atoms with E-state index in [1.807, 2.05) is 6.92 Å². The molecule has 13 heavy (non-hydrogen) atoms. The van der Waals surface area contributed by atoms with Crippen LogP contribution in [0.25, 0.3) is 0 Å². The van der Waals surface area contributed by atoms with E-state index in [9.17, 15) is 5.11 Å². The van der Waals surface area contributed by atoms with Crippen molar-refractivity contribution in [2.45, 2.75) is 52.2 Å². The van der Waals surface area contributed by atoms with Crippen LogP contribution < -0.4 is 0 Å². The highest BCUT2D eigenvalue weighted by atomic mass is 16.5. The lowest BCUT2D eigenvalue weighted by molar-refractivity contribution is -0.131. The molecule has 0 radical (unpaired) electrons. The summed E-state index contributed by atoms with van der Waals surface area (Å²) in [6.07, 6.45) is 1.78. The fraction of sp³-hybridized carbons (Fsp3) is 1.00. The van der Waals surface area contributed by atoms with Crippen LogP contribution in [-0.4, -0.2) is 23.4 Å². The van der Waals surface area contributed by atoms with E-state index in [1.54, 1.807) is 0 Å². The highest BCUT2D eigenvalue weighted by Gasteiger charge is 2.39. The van der Waals surface area contributed by atoms with Crippen molar-refractivity contribution < 1.29 is 9.84 Å². The Morgan fingerprint density at radius 3 is 2.46 bits per heavy atom. The SMILES string of the molecule is CC1CC(O)(C(C)C(C)C)CCO1. The van der Waals surface area contributed by atoms with E-state index in [1.165, 1.54) is 0 Å². The molecule has 0 aromatic rings. The fourth-order valence-corrected chi connectivity index (χ4v) is 2.13. The molecule has 1 heterocycles. The van der Waals surface area contributed by atoms with Gasteiger partial charge in [-0.1, -0.05) is 20.8 Å². The quantitative estimate of drug-likeness (QED) is 0.716. The van der Waals surface area contributed by atoms with Crippen molar-refractivity contribution in [2.75, 3.05) is 6.61 Å². The highest BCUT2D eigenvalue weighted by molar-refractivity contribution is 4.89. The summed E-state index contributed by atoms with van der Waals surface area (Å²) >= 11 is 0. The Labute approximate surface area is 81.3 Å². The maximum absolute atomic E-state index is 10.4. The van der Waals surface area contributed by atoms with Crippen LogP contribution in [0.4, 0.5) is 0 Å². The van der Waals surface area contributed by atoms with Crippen molar-refractivity contribution >= 4 is 0 Å². The van der Waals surface area contributed by atoms with E-state index in [-0.39, 0.29) is 6.10 Å². The molecule has 0 aliphatic carbocycles. The summed E-state index contributed by atoms with van der Waals surface area (Å²) in [5.41, 5.74) is -0.494. The second-order valence-corrected chi connectivity index (χ2v) is 4.77. The number of rotatable bonds is 2. The number of aliphatic hydroxyl groups is 1. The van der Waals surface area contributed by atoms with Gasteiger partial charge in [-0.2, -0.15) is 0 Å². The molecule has 0 aromatic carbocycles. The highest BCUT2D eigenvalue weighted by Crippen LogP contribution is 2.35. The molecule has 0 bridgehead atoms. The molecule has 0 spiro atoms. The van der Waals surface area contributed by atoms with Crippen LogP contribution in [0.1, 0.15) is 40.5 Å². The zero-order chi connectivity index (χ0) is 10.1. The van der Waals surface area contributed by atoms with E-state index in [2.05, 4.69) is 20.8 Å². The average molecular weight is 186 g/mol. The van der Waals surface area contributed by atoms with Gasteiger partial charge in [0.05, 0.1) is 11.7 Å². The third-order valence-corrected chi connectivity index (χ3v) is 3.43. The first-order chi connectivity index (χ1) is 5.96. The third-order valence-electron chi connectivity index (χ3n) is 3.43. The predicted octanol–water partition coefficient (Wildman–Crippen LogP) is 2.21.